The number of nitrogens with one attached hydrogen (secondary N) is 1. The number of carboxylic acids is 1. The maximum atomic E-state index is 12.7. The number of hydrogen-bond donors (Lipinski definition) is 3. The third-order valence-electron chi connectivity index (χ3n) is 9.10. The zero-order chi connectivity index (χ0) is 38.2. The Morgan fingerprint density at radius 2 is 1.06 bits per heavy atom. The Kier molecular flexibility index (Phi) is 37.1. The van der Waals surface area contributed by atoms with Crippen molar-refractivity contribution in [2.45, 2.75) is 199 Å². The number of allylic oxidation sites excluding steroid dienone is 10. The Balaban J connectivity index is 4.24. The highest BCUT2D eigenvalue weighted by molar-refractivity contribution is 5.83. The fourth-order valence-electron chi connectivity index (χ4n) is 5.95. The molecule has 4 N–H and O–H groups in total. The van der Waals surface area contributed by atoms with Crippen molar-refractivity contribution >= 4 is 17.8 Å². The summed E-state index contributed by atoms with van der Waals surface area (Å²) in [5.41, 5.74) is 5.47. The second kappa shape index (κ2) is 39.3. The van der Waals surface area contributed by atoms with Crippen LogP contribution in [-0.4, -0.2) is 41.6 Å². The van der Waals surface area contributed by atoms with Crippen molar-refractivity contribution in [1.29, 1.82) is 0 Å². The smallest absolute Gasteiger partial charge is 0.326 e. The monoisotopic (exact) mass is 727 g/mol. The van der Waals surface area contributed by atoms with Crippen LogP contribution in [0.1, 0.15) is 187 Å². The minimum atomic E-state index is -1.01. The van der Waals surface area contributed by atoms with Crippen LogP contribution < -0.4 is 11.1 Å². The summed E-state index contributed by atoms with van der Waals surface area (Å²) < 4.78 is 6.00. The molecular formula is C45H78N2O5. The summed E-state index contributed by atoms with van der Waals surface area (Å²) in [6, 6.07) is -0.860. The molecule has 1 amide bonds. The van der Waals surface area contributed by atoms with Gasteiger partial charge in [-0.15, -0.1) is 0 Å². The number of carboxylic acid groups (broad SMARTS) is 1. The molecule has 0 aromatic carbocycles. The minimum Gasteiger partial charge on any atom is -0.480 e. The van der Waals surface area contributed by atoms with E-state index >= 15 is 0 Å². The van der Waals surface area contributed by atoms with Crippen LogP contribution in [0, 0.1) is 0 Å². The topological polar surface area (TPSA) is 119 Å². The summed E-state index contributed by atoms with van der Waals surface area (Å²) in [6.45, 7) is 4.80. The molecule has 0 aliphatic rings. The number of ether oxygens (including phenoxy) is 1. The quantitative estimate of drug-likeness (QED) is 0.0333. The van der Waals surface area contributed by atoms with Gasteiger partial charge in [0, 0.05) is 12.8 Å². The van der Waals surface area contributed by atoms with E-state index < -0.39 is 12.0 Å². The largest absolute Gasteiger partial charge is 0.480 e. The van der Waals surface area contributed by atoms with Crippen LogP contribution >= 0.6 is 0 Å². The molecule has 0 aliphatic heterocycles. The van der Waals surface area contributed by atoms with Gasteiger partial charge in [-0.1, -0.05) is 139 Å². The number of hydrogen-bond acceptors (Lipinski definition) is 5. The fourth-order valence-corrected chi connectivity index (χ4v) is 5.95. The predicted octanol–water partition coefficient (Wildman–Crippen LogP) is 11.8. The molecular weight excluding hydrogens is 649 g/mol. The highest BCUT2D eigenvalue weighted by Crippen LogP contribution is 2.18. The van der Waals surface area contributed by atoms with Crippen molar-refractivity contribution in [3.63, 3.8) is 0 Å². The van der Waals surface area contributed by atoms with Gasteiger partial charge in [-0.3, -0.25) is 9.59 Å². The van der Waals surface area contributed by atoms with E-state index in [0.29, 0.717) is 32.2 Å². The molecule has 2 atom stereocenters. The Morgan fingerprint density at radius 3 is 1.60 bits per heavy atom. The van der Waals surface area contributed by atoms with Crippen molar-refractivity contribution in [3.8, 4) is 0 Å². The molecule has 52 heavy (non-hydrogen) atoms. The number of aliphatic carboxylic acids is 1. The van der Waals surface area contributed by atoms with Gasteiger partial charge in [0.25, 0.3) is 0 Å². The van der Waals surface area contributed by atoms with Gasteiger partial charge >= 0.3 is 11.9 Å². The molecule has 0 saturated heterocycles. The average Bonchev–Trinajstić information content (AvgIpc) is 3.13. The van der Waals surface area contributed by atoms with E-state index in [2.05, 4.69) is 79.9 Å². The van der Waals surface area contributed by atoms with E-state index in [9.17, 15) is 19.5 Å². The van der Waals surface area contributed by atoms with Gasteiger partial charge in [-0.2, -0.15) is 0 Å². The van der Waals surface area contributed by atoms with E-state index in [1.807, 2.05) is 0 Å². The van der Waals surface area contributed by atoms with Crippen molar-refractivity contribution in [3.05, 3.63) is 60.8 Å². The van der Waals surface area contributed by atoms with Crippen LogP contribution in [0.3, 0.4) is 0 Å². The summed E-state index contributed by atoms with van der Waals surface area (Å²) in [5, 5.41) is 11.9. The Morgan fingerprint density at radius 1 is 0.577 bits per heavy atom. The zero-order valence-electron chi connectivity index (χ0n) is 33.4. The van der Waals surface area contributed by atoms with Gasteiger partial charge < -0.3 is 20.9 Å². The molecule has 0 aliphatic carbocycles. The molecule has 2 unspecified atom stereocenters. The molecule has 0 rings (SSSR count). The van der Waals surface area contributed by atoms with Gasteiger partial charge in [0.1, 0.15) is 12.1 Å². The van der Waals surface area contributed by atoms with Gasteiger partial charge in [0.2, 0.25) is 5.91 Å². The first-order chi connectivity index (χ1) is 25.4. The van der Waals surface area contributed by atoms with E-state index in [4.69, 9.17) is 10.5 Å². The van der Waals surface area contributed by atoms with E-state index in [1.54, 1.807) is 0 Å². The van der Waals surface area contributed by atoms with Gasteiger partial charge in [-0.05, 0) is 103 Å². The maximum absolute atomic E-state index is 12.7. The molecule has 0 spiro atoms. The van der Waals surface area contributed by atoms with Crippen LogP contribution in [0.4, 0.5) is 0 Å². The number of nitrogens with two attached hydrogens (primary N) is 1. The van der Waals surface area contributed by atoms with Crippen LogP contribution in [0.5, 0.6) is 0 Å². The molecule has 7 nitrogen and oxygen atoms in total. The number of esters is 1. The third-order valence-corrected chi connectivity index (χ3v) is 9.10. The number of carbonyl (C=O) groups is 3. The second-order valence-corrected chi connectivity index (χ2v) is 14.0. The maximum Gasteiger partial charge on any atom is 0.326 e. The third kappa shape index (κ3) is 35.5. The first-order valence-electron chi connectivity index (χ1n) is 21.1. The van der Waals surface area contributed by atoms with Gasteiger partial charge in [-0.25, -0.2) is 4.79 Å². The fraction of sp³-hybridized carbons (Fsp3) is 0.711. The first-order valence-corrected chi connectivity index (χ1v) is 21.1. The number of carbonyl (C=O) groups excluding carboxylic acids is 2. The minimum absolute atomic E-state index is 0.00307. The lowest BCUT2D eigenvalue weighted by atomic mass is 10.0. The highest BCUT2D eigenvalue weighted by Gasteiger charge is 2.19. The van der Waals surface area contributed by atoms with Gasteiger partial charge in [0.15, 0.2) is 0 Å². The zero-order valence-corrected chi connectivity index (χ0v) is 33.4. The Hall–Kier alpha value is -2.93. The van der Waals surface area contributed by atoms with E-state index in [-0.39, 0.29) is 18.0 Å². The standard InChI is InChI=1S/C45H78N2O5/c1-3-5-7-9-11-12-13-14-15-16-17-18-19-20-21-22-24-29-33-39-44(49)52-41(35-30-26-23-10-8-6-4-2)36-31-27-25-28-32-38-43(48)47-42(45(50)51)37-34-40-46/h5,7,11-12,14-15,17-18,20-21,41-42H,3-4,6,8-10,13,16,19,22-40,46H2,1-2H3,(H,47,48)(H,50,51)/b7-5-,12-11-,15-14-,18-17-,21-20-. The highest BCUT2D eigenvalue weighted by atomic mass is 16.5. The lowest BCUT2D eigenvalue weighted by Crippen LogP contribution is -2.40. The summed E-state index contributed by atoms with van der Waals surface area (Å²) in [4.78, 5) is 36.2. The van der Waals surface area contributed by atoms with E-state index in [0.717, 1.165) is 109 Å². The lowest BCUT2D eigenvalue weighted by molar-refractivity contribution is -0.150. The lowest BCUT2D eigenvalue weighted by Gasteiger charge is -2.18. The van der Waals surface area contributed by atoms with Gasteiger partial charge in [0.05, 0.1) is 0 Å². The summed E-state index contributed by atoms with van der Waals surface area (Å²) in [7, 11) is 0. The molecule has 0 heterocycles. The number of amides is 1. The van der Waals surface area contributed by atoms with Crippen molar-refractivity contribution in [2.75, 3.05) is 6.54 Å². The van der Waals surface area contributed by atoms with Crippen LogP contribution in [0.25, 0.3) is 0 Å². The normalized spacial score (nSPS) is 13.3. The van der Waals surface area contributed by atoms with Crippen molar-refractivity contribution in [2.24, 2.45) is 5.73 Å². The molecule has 0 radical (unpaired) electrons. The Bertz CT molecular complexity index is 1000. The molecule has 298 valence electrons. The molecule has 0 aromatic heterocycles. The van der Waals surface area contributed by atoms with Crippen LogP contribution in [0.2, 0.25) is 0 Å². The number of unbranched alkanes of at least 4 members (excludes halogenated alkanes) is 13. The molecule has 0 aromatic rings. The molecule has 0 bridgehead atoms. The molecule has 0 saturated carbocycles. The molecule has 7 heteroatoms. The SMILES string of the molecule is CC/C=C\C/C=C\C/C=C\C/C=C\C/C=C\CCCCCC(=O)OC(CCCCCCCCC)CCCCCCCC(=O)NC(CCCN)C(=O)O. The van der Waals surface area contributed by atoms with Crippen LogP contribution in [0.15, 0.2) is 60.8 Å². The Labute approximate surface area is 319 Å². The molecule has 0 fully saturated rings. The van der Waals surface area contributed by atoms with E-state index in [1.165, 1.54) is 38.5 Å². The second-order valence-electron chi connectivity index (χ2n) is 14.0. The summed E-state index contributed by atoms with van der Waals surface area (Å²) in [6.07, 6.45) is 48.4. The summed E-state index contributed by atoms with van der Waals surface area (Å²) in [5.74, 6) is -1.27. The predicted molar refractivity (Wildman–Crippen MR) is 220 cm³/mol. The average molecular weight is 727 g/mol. The van der Waals surface area contributed by atoms with Crippen molar-refractivity contribution in [1.82, 2.24) is 5.32 Å². The van der Waals surface area contributed by atoms with Crippen LogP contribution in [-0.2, 0) is 19.1 Å². The summed E-state index contributed by atoms with van der Waals surface area (Å²) >= 11 is 0. The first kappa shape index (κ1) is 49.1. The number of rotatable bonds is 37. The van der Waals surface area contributed by atoms with Crippen molar-refractivity contribution < 1.29 is 24.2 Å².